The summed E-state index contributed by atoms with van der Waals surface area (Å²) in [4.78, 5) is 0. The van der Waals surface area contributed by atoms with Crippen molar-refractivity contribution in [1.29, 1.82) is 0 Å². The lowest BCUT2D eigenvalue weighted by molar-refractivity contribution is 0.463. The summed E-state index contributed by atoms with van der Waals surface area (Å²) in [6.07, 6.45) is 2.67. The minimum Gasteiger partial charge on any atom is -0.315 e. The molecule has 2 rings (SSSR count). The Morgan fingerprint density at radius 3 is 2.44 bits per heavy atom. The Labute approximate surface area is 109 Å². The molecule has 0 aromatic heterocycles. The zero-order chi connectivity index (χ0) is 13.0. The summed E-state index contributed by atoms with van der Waals surface area (Å²) in [6, 6.07) is 7.59. The van der Waals surface area contributed by atoms with Crippen LogP contribution in [0.25, 0.3) is 0 Å². The van der Waals surface area contributed by atoms with Gasteiger partial charge >= 0.3 is 0 Å². The molecular formula is C15H23FN2. The Hall–Kier alpha value is -0.930. The van der Waals surface area contributed by atoms with Crippen LogP contribution in [0, 0.1) is 5.82 Å². The predicted octanol–water partition coefficient (Wildman–Crippen LogP) is 2.44. The van der Waals surface area contributed by atoms with E-state index in [4.69, 9.17) is 0 Å². The van der Waals surface area contributed by atoms with Crippen LogP contribution in [0.4, 0.5) is 4.39 Å². The van der Waals surface area contributed by atoms with E-state index < -0.39 is 0 Å². The maximum Gasteiger partial charge on any atom is 0.123 e. The number of benzene rings is 1. The van der Waals surface area contributed by atoms with Crippen LogP contribution in [0.5, 0.6) is 0 Å². The van der Waals surface area contributed by atoms with E-state index in [-0.39, 0.29) is 11.2 Å². The highest BCUT2D eigenvalue weighted by Crippen LogP contribution is 2.22. The molecule has 2 N–H and O–H groups in total. The molecule has 1 aliphatic rings. The van der Waals surface area contributed by atoms with Crippen LogP contribution in [-0.4, -0.2) is 25.7 Å². The first-order chi connectivity index (χ1) is 8.58. The van der Waals surface area contributed by atoms with E-state index in [0.29, 0.717) is 0 Å². The fourth-order valence-electron chi connectivity index (χ4n) is 2.06. The maximum absolute atomic E-state index is 12.9. The number of hydrogen-bond acceptors (Lipinski definition) is 2. The van der Waals surface area contributed by atoms with E-state index in [1.807, 2.05) is 12.1 Å². The van der Waals surface area contributed by atoms with Crippen LogP contribution in [0.3, 0.4) is 0 Å². The molecule has 0 unspecified atom stereocenters. The zero-order valence-electron chi connectivity index (χ0n) is 11.3. The topological polar surface area (TPSA) is 24.1 Å². The van der Waals surface area contributed by atoms with E-state index in [1.165, 1.54) is 30.5 Å². The van der Waals surface area contributed by atoms with Gasteiger partial charge in [-0.1, -0.05) is 26.0 Å². The van der Waals surface area contributed by atoms with Crippen molar-refractivity contribution in [3.05, 3.63) is 35.6 Å². The molecule has 0 spiro atoms. The predicted molar refractivity (Wildman–Crippen MR) is 73.3 cm³/mol. The van der Waals surface area contributed by atoms with Gasteiger partial charge in [0.25, 0.3) is 0 Å². The molecule has 100 valence electrons. The molecule has 0 radical (unpaired) electrons. The van der Waals surface area contributed by atoms with E-state index in [2.05, 4.69) is 24.5 Å². The first-order valence-corrected chi connectivity index (χ1v) is 6.78. The van der Waals surface area contributed by atoms with Crippen LogP contribution in [0.1, 0.15) is 32.3 Å². The SMILES string of the molecule is CC(C)(CNCCNC1CC1)c1ccc(F)cc1. The fraction of sp³-hybridized carbons (Fsp3) is 0.600. The second kappa shape index (κ2) is 5.81. The number of nitrogens with one attached hydrogen (secondary N) is 2. The van der Waals surface area contributed by atoms with Crippen molar-refractivity contribution in [2.45, 2.75) is 38.1 Å². The van der Waals surface area contributed by atoms with Crippen molar-refractivity contribution in [2.24, 2.45) is 0 Å². The third-order valence-corrected chi connectivity index (χ3v) is 3.50. The number of hydrogen-bond donors (Lipinski definition) is 2. The van der Waals surface area contributed by atoms with Crippen molar-refractivity contribution in [3.63, 3.8) is 0 Å². The molecule has 3 heteroatoms. The summed E-state index contributed by atoms with van der Waals surface area (Å²) < 4.78 is 12.9. The Morgan fingerprint density at radius 2 is 1.83 bits per heavy atom. The van der Waals surface area contributed by atoms with Gasteiger partial charge in [0.1, 0.15) is 5.82 Å². The summed E-state index contributed by atoms with van der Waals surface area (Å²) in [5.74, 6) is -0.170. The molecule has 0 amide bonds. The highest BCUT2D eigenvalue weighted by Gasteiger charge is 2.21. The molecule has 1 aromatic carbocycles. The molecule has 18 heavy (non-hydrogen) atoms. The van der Waals surface area contributed by atoms with Crippen molar-refractivity contribution < 1.29 is 4.39 Å². The molecule has 1 aliphatic carbocycles. The van der Waals surface area contributed by atoms with Gasteiger partial charge < -0.3 is 10.6 Å². The Bertz CT molecular complexity index is 369. The molecule has 1 fully saturated rings. The summed E-state index contributed by atoms with van der Waals surface area (Å²) in [5.41, 5.74) is 1.21. The molecule has 0 heterocycles. The van der Waals surface area contributed by atoms with E-state index in [0.717, 1.165) is 25.7 Å². The van der Waals surface area contributed by atoms with Gasteiger partial charge in [0.15, 0.2) is 0 Å². The average Bonchev–Trinajstić information content (AvgIpc) is 3.13. The Morgan fingerprint density at radius 1 is 1.17 bits per heavy atom. The smallest absolute Gasteiger partial charge is 0.123 e. The molecule has 1 aromatic rings. The van der Waals surface area contributed by atoms with Gasteiger partial charge in [-0.25, -0.2) is 4.39 Å². The molecule has 0 atom stereocenters. The molecular weight excluding hydrogens is 227 g/mol. The van der Waals surface area contributed by atoms with Gasteiger partial charge in [-0.15, -0.1) is 0 Å². The Balaban J connectivity index is 1.73. The van der Waals surface area contributed by atoms with Gasteiger partial charge in [-0.05, 0) is 30.5 Å². The summed E-state index contributed by atoms with van der Waals surface area (Å²) in [5, 5.41) is 6.94. The van der Waals surface area contributed by atoms with Crippen LogP contribution in [0.2, 0.25) is 0 Å². The molecule has 1 saturated carbocycles. The van der Waals surface area contributed by atoms with Crippen molar-refractivity contribution in [1.82, 2.24) is 10.6 Å². The minimum absolute atomic E-state index is 0.0350. The third kappa shape index (κ3) is 4.07. The summed E-state index contributed by atoms with van der Waals surface area (Å²) >= 11 is 0. The molecule has 0 aliphatic heterocycles. The summed E-state index contributed by atoms with van der Waals surface area (Å²) in [7, 11) is 0. The van der Waals surface area contributed by atoms with Gasteiger partial charge in [0.2, 0.25) is 0 Å². The fourth-order valence-corrected chi connectivity index (χ4v) is 2.06. The van der Waals surface area contributed by atoms with Crippen LogP contribution < -0.4 is 10.6 Å². The summed E-state index contributed by atoms with van der Waals surface area (Å²) in [6.45, 7) is 7.29. The average molecular weight is 250 g/mol. The first kappa shape index (κ1) is 13.5. The maximum atomic E-state index is 12.9. The molecule has 0 bridgehead atoms. The quantitative estimate of drug-likeness (QED) is 0.726. The highest BCUT2D eigenvalue weighted by molar-refractivity contribution is 5.24. The lowest BCUT2D eigenvalue weighted by Crippen LogP contribution is -2.37. The number of halogens is 1. The largest absolute Gasteiger partial charge is 0.315 e. The second-order valence-corrected chi connectivity index (χ2v) is 5.80. The van der Waals surface area contributed by atoms with Gasteiger partial charge in [0, 0.05) is 31.1 Å². The minimum atomic E-state index is -0.170. The lowest BCUT2D eigenvalue weighted by Gasteiger charge is -2.26. The highest BCUT2D eigenvalue weighted by atomic mass is 19.1. The van der Waals surface area contributed by atoms with Crippen molar-refractivity contribution in [3.8, 4) is 0 Å². The normalized spacial score (nSPS) is 15.9. The monoisotopic (exact) mass is 250 g/mol. The van der Waals surface area contributed by atoms with Crippen molar-refractivity contribution >= 4 is 0 Å². The lowest BCUT2D eigenvalue weighted by atomic mass is 9.84. The van der Waals surface area contributed by atoms with Crippen LogP contribution in [0.15, 0.2) is 24.3 Å². The van der Waals surface area contributed by atoms with E-state index in [1.54, 1.807) is 0 Å². The van der Waals surface area contributed by atoms with Crippen molar-refractivity contribution in [2.75, 3.05) is 19.6 Å². The van der Waals surface area contributed by atoms with Gasteiger partial charge in [-0.2, -0.15) is 0 Å². The van der Waals surface area contributed by atoms with Crippen LogP contribution >= 0.6 is 0 Å². The van der Waals surface area contributed by atoms with Gasteiger partial charge in [0.05, 0.1) is 0 Å². The Kier molecular flexibility index (Phi) is 4.36. The zero-order valence-corrected chi connectivity index (χ0v) is 11.3. The van der Waals surface area contributed by atoms with Gasteiger partial charge in [-0.3, -0.25) is 0 Å². The van der Waals surface area contributed by atoms with E-state index >= 15 is 0 Å². The third-order valence-electron chi connectivity index (χ3n) is 3.50. The first-order valence-electron chi connectivity index (χ1n) is 6.78. The second-order valence-electron chi connectivity index (χ2n) is 5.80. The van der Waals surface area contributed by atoms with E-state index in [9.17, 15) is 4.39 Å². The van der Waals surface area contributed by atoms with Crippen LogP contribution in [-0.2, 0) is 5.41 Å². The number of rotatable bonds is 7. The molecule has 2 nitrogen and oxygen atoms in total. The standard InChI is InChI=1S/C15H23FN2/c1-15(2,12-3-5-13(16)6-4-12)11-17-9-10-18-14-7-8-14/h3-6,14,17-18H,7-11H2,1-2H3. The molecule has 0 saturated heterocycles.